The third-order valence-corrected chi connectivity index (χ3v) is 3.89. The largest absolute Gasteiger partial charge is 0.312 e. The van der Waals surface area contributed by atoms with Gasteiger partial charge in [-0.05, 0) is 63.5 Å². The minimum atomic E-state index is 0.853. The van der Waals surface area contributed by atoms with Gasteiger partial charge in [-0.25, -0.2) is 0 Å². The second-order valence-electron chi connectivity index (χ2n) is 5.32. The van der Waals surface area contributed by atoms with E-state index in [4.69, 9.17) is 0 Å². The molecule has 1 aliphatic heterocycles. The van der Waals surface area contributed by atoms with Crippen molar-refractivity contribution in [3.63, 3.8) is 0 Å². The van der Waals surface area contributed by atoms with Crippen LogP contribution in [0.5, 0.6) is 0 Å². The first-order chi connectivity index (χ1) is 8.78. The lowest BCUT2D eigenvalue weighted by Gasteiger charge is -2.31. The predicted octanol–water partition coefficient (Wildman–Crippen LogP) is 2.21. The molecule has 0 unspecified atom stereocenters. The highest BCUT2D eigenvalue weighted by atomic mass is 15.1. The number of pyridine rings is 1. The first-order valence-corrected chi connectivity index (χ1v) is 7.12. The van der Waals surface area contributed by atoms with Crippen molar-refractivity contribution in [1.82, 2.24) is 15.2 Å². The van der Waals surface area contributed by atoms with Gasteiger partial charge in [-0.3, -0.25) is 4.98 Å². The molecule has 2 rings (SSSR count). The zero-order chi connectivity index (χ0) is 12.8. The summed E-state index contributed by atoms with van der Waals surface area (Å²) in [6, 6.07) is 4.24. The number of rotatable bonds is 5. The lowest BCUT2D eigenvalue weighted by molar-refractivity contribution is 0.190. The number of likely N-dealkylation sites (tertiary alicyclic amines) is 1. The van der Waals surface area contributed by atoms with Crippen molar-refractivity contribution in [2.75, 3.05) is 26.2 Å². The maximum Gasteiger partial charge on any atom is 0.0372 e. The Labute approximate surface area is 111 Å². The van der Waals surface area contributed by atoms with Crippen LogP contribution in [-0.2, 0) is 6.54 Å². The molecule has 100 valence electrons. The minimum Gasteiger partial charge on any atom is -0.312 e. The molecule has 3 heteroatoms. The molecule has 0 aromatic carbocycles. The molecule has 0 atom stereocenters. The molecule has 2 heterocycles. The standard InChI is InChI=1S/C15H25N3/c1-3-18-8-6-14(7-9-18)10-16-11-15-5-4-13(2)17-12-15/h4-5,12,14,16H,3,6-11H2,1-2H3. The third kappa shape index (κ3) is 4.07. The van der Waals surface area contributed by atoms with Gasteiger partial charge in [-0.15, -0.1) is 0 Å². The van der Waals surface area contributed by atoms with Crippen LogP contribution in [0, 0.1) is 12.8 Å². The molecule has 0 aliphatic carbocycles. The number of nitrogens with zero attached hydrogens (tertiary/aromatic N) is 2. The van der Waals surface area contributed by atoms with Gasteiger partial charge in [0.1, 0.15) is 0 Å². The van der Waals surface area contributed by atoms with Gasteiger partial charge < -0.3 is 10.2 Å². The topological polar surface area (TPSA) is 28.2 Å². The van der Waals surface area contributed by atoms with Crippen LogP contribution < -0.4 is 5.32 Å². The molecule has 0 bridgehead atoms. The van der Waals surface area contributed by atoms with E-state index in [0.717, 1.165) is 24.7 Å². The number of hydrogen-bond donors (Lipinski definition) is 1. The average molecular weight is 247 g/mol. The van der Waals surface area contributed by atoms with E-state index in [1.165, 1.54) is 38.0 Å². The number of piperidine rings is 1. The van der Waals surface area contributed by atoms with Gasteiger partial charge in [-0.2, -0.15) is 0 Å². The summed E-state index contributed by atoms with van der Waals surface area (Å²) in [5.41, 5.74) is 2.37. The second-order valence-corrected chi connectivity index (χ2v) is 5.32. The normalized spacial score (nSPS) is 18.1. The van der Waals surface area contributed by atoms with Gasteiger partial charge in [0.05, 0.1) is 0 Å². The summed E-state index contributed by atoms with van der Waals surface area (Å²) < 4.78 is 0. The summed E-state index contributed by atoms with van der Waals surface area (Å²) in [5, 5.41) is 3.57. The highest BCUT2D eigenvalue weighted by Gasteiger charge is 2.17. The van der Waals surface area contributed by atoms with Crippen LogP contribution in [0.2, 0.25) is 0 Å². The lowest BCUT2D eigenvalue weighted by Crippen LogP contribution is -2.36. The first kappa shape index (κ1) is 13.5. The summed E-state index contributed by atoms with van der Waals surface area (Å²) in [5.74, 6) is 0.853. The molecule has 0 amide bonds. The summed E-state index contributed by atoms with van der Waals surface area (Å²) in [6.07, 6.45) is 4.65. The van der Waals surface area contributed by atoms with Crippen molar-refractivity contribution >= 4 is 0 Å². The van der Waals surface area contributed by atoms with Gasteiger partial charge in [0.15, 0.2) is 0 Å². The summed E-state index contributed by atoms with van der Waals surface area (Å²) in [6.45, 7) is 10.1. The molecular formula is C15H25N3. The SMILES string of the molecule is CCN1CCC(CNCc2ccc(C)nc2)CC1. The maximum atomic E-state index is 4.32. The van der Waals surface area contributed by atoms with Crippen LogP contribution >= 0.6 is 0 Å². The van der Waals surface area contributed by atoms with Crippen LogP contribution in [0.1, 0.15) is 31.0 Å². The highest BCUT2D eigenvalue weighted by Crippen LogP contribution is 2.15. The van der Waals surface area contributed by atoms with E-state index in [1.54, 1.807) is 0 Å². The number of nitrogens with one attached hydrogen (secondary N) is 1. The van der Waals surface area contributed by atoms with E-state index in [2.05, 4.69) is 34.3 Å². The van der Waals surface area contributed by atoms with Crippen molar-refractivity contribution in [2.24, 2.45) is 5.92 Å². The lowest BCUT2D eigenvalue weighted by atomic mass is 9.97. The quantitative estimate of drug-likeness (QED) is 0.864. The molecule has 1 fully saturated rings. The van der Waals surface area contributed by atoms with Gasteiger partial charge >= 0.3 is 0 Å². The molecule has 1 N–H and O–H groups in total. The van der Waals surface area contributed by atoms with Crippen molar-refractivity contribution < 1.29 is 0 Å². The smallest absolute Gasteiger partial charge is 0.0372 e. The van der Waals surface area contributed by atoms with E-state index >= 15 is 0 Å². The summed E-state index contributed by atoms with van der Waals surface area (Å²) in [4.78, 5) is 6.86. The Morgan fingerprint density at radius 1 is 1.33 bits per heavy atom. The Hall–Kier alpha value is -0.930. The predicted molar refractivity (Wildman–Crippen MR) is 75.5 cm³/mol. The van der Waals surface area contributed by atoms with Crippen LogP contribution in [-0.4, -0.2) is 36.1 Å². The fourth-order valence-electron chi connectivity index (χ4n) is 2.53. The zero-order valence-corrected chi connectivity index (χ0v) is 11.7. The first-order valence-electron chi connectivity index (χ1n) is 7.12. The molecule has 0 spiro atoms. The molecule has 18 heavy (non-hydrogen) atoms. The fraction of sp³-hybridized carbons (Fsp3) is 0.667. The van der Waals surface area contributed by atoms with Crippen LogP contribution in [0.4, 0.5) is 0 Å². The Kier molecular flexibility index (Phi) is 5.14. The average Bonchev–Trinajstić information content (AvgIpc) is 2.42. The van der Waals surface area contributed by atoms with E-state index in [1.807, 2.05) is 13.1 Å². The molecule has 1 aromatic heterocycles. The third-order valence-electron chi connectivity index (χ3n) is 3.89. The van der Waals surface area contributed by atoms with Gasteiger partial charge in [0.2, 0.25) is 0 Å². The van der Waals surface area contributed by atoms with Crippen molar-refractivity contribution in [3.05, 3.63) is 29.6 Å². The summed E-state index contributed by atoms with van der Waals surface area (Å²) >= 11 is 0. The maximum absolute atomic E-state index is 4.32. The zero-order valence-electron chi connectivity index (χ0n) is 11.7. The number of hydrogen-bond acceptors (Lipinski definition) is 3. The molecular weight excluding hydrogens is 222 g/mol. The Bertz CT molecular complexity index is 339. The van der Waals surface area contributed by atoms with Crippen LogP contribution in [0.15, 0.2) is 18.3 Å². The van der Waals surface area contributed by atoms with Crippen molar-refractivity contribution in [3.8, 4) is 0 Å². The van der Waals surface area contributed by atoms with Crippen LogP contribution in [0.25, 0.3) is 0 Å². The monoisotopic (exact) mass is 247 g/mol. The minimum absolute atomic E-state index is 0.853. The Morgan fingerprint density at radius 3 is 2.72 bits per heavy atom. The van der Waals surface area contributed by atoms with E-state index in [9.17, 15) is 0 Å². The molecule has 0 saturated carbocycles. The highest BCUT2D eigenvalue weighted by molar-refractivity contribution is 5.12. The second kappa shape index (κ2) is 6.86. The molecule has 3 nitrogen and oxygen atoms in total. The van der Waals surface area contributed by atoms with Gasteiger partial charge in [0, 0.05) is 18.4 Å². The summed E-state index contributed by atoms with van der Waals surface area (Å²) in [7, 11) is 0. The van der Waals surface area contributed by atoms with E-state index in [-0.39, 0.29) is 0 Å². The van der Waals surface area contributed by atoms with Crippen molar-refractivity contribution in [2.45, 2.75) is 33.2 Å². The Morgan fingerprint density at radius 2 is 2.11 bits per heavy atom. The van der Waals surface area contributed by atoms with Gasteiger partial charge in [-0.1, -0.05) is 13.0 Å². The fourth-order valence-corrected chi connectivity index (χ4v) is 2.53. The van der Waals surface area contributed by atoms with Crippen molar-refractivity contribution in [1.29, 1.82) is 0 Å². The number of aromatic nitrogens is 1. The molecule has 0 radical (unpaired) electrons. The molecule has 1 saturated heterocycles. The van der Waals surface area contributed by atoms with E-state index < -0.39 is 0 Å². The molecule has 1 aromatic rings. The van der Waals surface area contributed by atoms with E-state index in [0.29, 0.717) is 0 Å². The molecule has 1 aliphatic rings. The Balaban J connectivity index is 1.65. The van der Waals surface area contributed by atoms with Crippen LogP contribution in [0.3, 0.4) is 0 Å². The van der Waals surface area contributed by atoms with Gasteiger partial charge in [0.25, 0.3) is 0 Å². The number of aryl methyl sites for hydroxylation is 1.